The largest absolute Gasteiger partial charge is 0.480 e. The Bertz CT molecular complexity index is 1190. The van der Waals surface area contributed by atoms with Gasteiger partial charge in [0.05, 0.1) is 17.2 Å². The molecule has 2 amide bonds. The summed E-state index contributed by atoms with van der Waals surface area (Å²) in [5, 5.41) is 14.4. The number of carboxylic acids is 1. The van der Waals surface area contributed by atoms with E-state index in [4.69, 9.17) is 5.11 Å². The molecule has 34 heavy (non-hydrogen) atoms. The van der Waals surface area contributed by atoms with Gasteiger partial charge in [0.1, 0.15) is 17.9 Å². The number of fused-ring (bicyclic) bond motifs is 1. The Morgan fingerprint density at radius 2 is 1.88 bits per heavy atom. The number of amides is 2. The van der Waals surface area contributed by atoms with Crippen LogP contribution in [0.25, 0.3) is 10.9 Å². The summed E-state index contributed by atoms with van der Waals surface area (Å²) in [6.07, 6.45) is 7.23. The highest BCUT2D eigenvalue weighted by molar-refractivity contribution is 5.99. The zero-order valence-electron chi connectivity index (χ0n) is 19.1. The van der Waals surface area contributed by atoms with Gasteiger partial charge in [0.25, 0.3) is 5.91 Å². The second-order valence-electron chi connectivity index (χ2n) is 9.09. The van der Waals surface area contributed by atoms with Gasteiger partial charge in [-0.25, -0.2) is 4.39 Å². The van der Waals surface area contributed by atoms with Gasteiger partial charge in [-0.05, 0) is 31.4 Å². The van der Waals surface area contributed by atoms with Crippen molar-refractivity contribution in [3.05, 3.63) is 39.9 Å². The standard InChI is InChI=1S/C24H29FN4O5/c1-14(30)28-8-7-16(12-28)29-13-18(24(34)26-11-22(31)32)23(33)17-9-19(25)20(10-21(17)29)27-15-5-3-2-4-6-15/h9-10,13,15-16,27H,2-8,11-12H2,1H3,(H,26,34)(H,31,32). The molecule has 3 N–H and O–H groups in total. The molecule has 0 radical (unpaired) electrons. The molecule has 1 aromatic carbocycles. The third kappa shape index (κ3) is 4.90. The Morgan fingerprint density at radius 1 is 1.15 bits per heavy atom. The summed E-state index contributed by atoms with van der Waals surface area (Å²) in [5.74, 6) is -2.74. The highest BCUT2D eigenvalue weighted by Crippen LogP contribution is 2.30. The van der Waals surface area contributed by atoms with Gasteiger partial charge in [-0.2, -0.15) is 0 Å². The van der Waals surface area contributed by atoms with Crippen LogP contribution < -0.4 is 16.1 Å². The first-order chi connectivity index (χ1) is 16.2. The van der Waals surface area contributed by atoms with Crippen LogP contribution in [0, 0.1) is 5.82 Å². The van der Waals surface area contributed by atoms with E-state index in [1.54, 1.807) is 15.5 Å². The zero-order chi connectivity index (χ0) is 24.4. The lowest BCUT2D eigenvalue weighted by atomic mass is 9.95. The van der Waals surface area contributed by atoms with Crippen LogP contribution >= 0.6 is 0 Å². The van der Waals surface area contributed by atoms with Crippen molar-refractivity contribution >= 4 is 34.4 Å². The summed E-state index contributed by atoms with van der Waals surface area (Å²) in [5.41, 5.74) is -0.159. The quantitative estimate of drug-likeness (QED) is 0.594. The number of nitrogens with zero attached hydrogens (tertiary/aromatic N) is 2. The molecule has 9 nitrogen and oxygen atoms in total. The van der Waals surface area contributed by atoms with Gasteiger partial charge in [0, 0.05) is 37.6 Å². The highest BCUT2D eigenvalue weighted by Gasteiger charge is 2.28. The molecular weight excluding hydrogens is 443 g/mol. The fourth-order valence-corrected chi connectivity index (χ4v) is 4.92. The predicted molar refractivity (Wildman–Crippen MR) is 125 cm³/mol. The monoisotopic (exact) mass is 472 g/mol. The van der Waals surface area contributed by atoms with E-state index in [0.717, 1.165) is 31.7 Å². The summed E-state index contributed by atoms with van der Waals surface area (Å²) in [6.45, 7) is 1.77. The number of carbonyl (C=O) groups is 3. The highest BCUT2D eigenvalue weighted by atomic mass is 19.1. The lowest BCUT2D eigenvalue weighted by molar-refractivity contribution is -0.135. The van der Waals surface area contributed by atoms with E-state index in [9.17, 15) is 19.2 Å². The lowest BCUT2D eigenvalue weighted by Crippen LogP contribution is -2.34. The number of aromatic nitrogens is 1. The molecule has 10 heteroatoms. The number of hydrogen-bond acceptors (Lipinski definition) is 5. The van der Waals surface area contributed by atoms with Crippen molar-refractivity contribution in [3.63, 3.8) is 0 Å². The van der Waals surface area contributed by atoms with Crippen LogP contribution in [-0.4, -0.2) is 58.0 Å². The maximum atomic E-state index is 15.1. The van der Waals surface area contributed by atoms with E-state index < -0.39 is 29.7 Å². The van der Waals surface area contributed by atoms with Crippen molar-refractivity contribution in [2.24, 2.45) is 0 Å². The number of pyridine rings is 1. The van der Waals surface area contributed by atoms with Crippen LogP contribution in [0.2, 0.25) is 0 Å². The molecule has 1 unspecified atom stereocenters. The van der Waals surface area contributed by atoms with Gasteiger partial charge in [-0.3, -0.25) is 19.2 Å². The van der Waals surface area contributed by atoms with Gasteiger partial charge >= 0.3 is 5.97 Å². The number of anilines is 1. The maximum absolute atomic E-state index is 15.1. The van der Waals surface area contributed by atoms with Crippen LogP contribution in [0.15, 0.2) is 23.1 Å². The Kier molecular flexibility index (Phi) is 6.85. The van der Waals surface area contributed by atoms with Crippen LogP contribution in [0.4, 0.5) is 10.1 Å². The molecule has 1 atom stereocenters. The molecule has 0 bridgehead atoms. The van der Waals surface area contributed by atoms with Crippen LogP contribution in [0.3, 0.4) is 0 Å². The number of nitrogens with one attached hydrogen (secondary N) is 2. The molecule has 1 saturated heterocycles. The van der Waals surface area contributed by atoms with E-state index in [0.29, 0.717) is 30.7 Å². The molecular formula is C24H29FN4O5. The summed E-state index contributed by atoms with van der Waals surface area (Å²) in [7, 11) is 0. The second kappa shape index (κ2) is 9.82. The number of hydrogen-bond donors (Lipinski definition) is 3. The molecule has 1 saturated carbocycles. The topological polar surface area (TPSA) is 121 Å². The van der Waals surface area contributed by atoms with Gasteiger partial charge in [0.2, 0.25) is 11.3 Å². The summed E-state index contributed by atoms with van der Waals surface area (Å²) in [6, 6.07) is 2.69. The van der Waals surface area contributed by atoms with Crippen molar-refractivity contribution in [3.8, 4) is 0 Å². The summed E-state index contributed by atoms with van der Waals surface area (Å²) in [4.78, 5) is 50.2. The average molecular weight is 473 g/mol. The van der Waals surface area contributed by atoms with Gasteiger partial charge in [-0.15, -0.1) is 0 Å². The van der Waals surface area contributed by atoms with Crippen molar-refractivity contribution in [1.82, 2.24) is 14.8 Å². The molecule has 1 aromatic heterocycles. The molecule has 1 aliphatic carbocycles. The number of carbonyl (C=O) groups excluding carboxylic acids is 2. The fraction of sp³-hybridized carbons (Fsp3) is 0.500. The number of rotatable bonds is 6. The molecule has 1 aliphatic heterocycles. The van der Waals surface area contributed by atoms with E-state index in [1.165, 1.54) is 19.5 Å². The lowest BCUT2D eigenvalue weighted by Gasteiger charge is -2.25. The van der Waals surface area contributed by atoms with E-state index in [1.807, 2.05) is 0 Å². The van der Waals surface area contributed by atoms with Gasteiger partial charge in [-0.1, -0.05) is 19.3 Å². The minimum atomic E-state index is -1.24. The first kappa shape index (κ1) is 23.7. The first-order valence-corrected chi connectivity index (χ1v) is 11.6. The Morgan fingerprint density at radius 3 is 2.53 bits per heavy atom. The Balaban J connectivity index is 1.80. The van der Waals surface area contributed by atoms with Crippen LogP contribution in [0.1, 0.15) is 61.8 Å². The molecule has 2 aliphatic rings. The number of aliphatic carboxylic acids is 1. The van der Waals surface area contributed by atoms with E-state index in [-0.39, 0.29) is 28.9 Å². The van der Waals surface area contributed by atoms with E-state index in [2.05, 4.69) is 10.6 Å². The minimum Gasteiger partial charge on any atom is -0.480 e. The third-order valence-electron chi connectivity index (χ3n) is 6.73. The number of carboxylic acid groups (broad SMARTS) is 1. The molecule has 2 fully saturated rings. The molecule has 0 spiro atoms. The second-order valence-corrected chi connectivity index (χ2v) is 9.09. The number of halogens is 1. The Hall–Kier alpha value is -3.43. The number of benzene rings is 1. The Labute approximate surface area is 195 Å². The first-order valence-electron chi connectivity index (χ1n) is 11.6. The normalized spacial score (nSPS) is 18.8. The smallest absolute Gasteiger partial charge is 0.322 e. The van der Waals surface area contributed by atoms with Crippen LogP contribution in [0.5, 0.6) is 0 Å². The van der Waals surface area contributed by atoms with E-state index >= 15 is 4.39 Å². The van der Waals surface area contributed by atoms with Crippen molar-refractivity contribution in [2.75, 3.05) is 25.0 Å². The SMILES string of the molecule is CC(=O)N1CCC(n2cc(C(=O)NCC(=O)O)c(=O)c3cc(F)c(NC4CCCCC4)cc32)C1. The number of likely N-dealkylation sites (tertiary alicyclic amines) is 1. The molecule has 2 aromatic rings. The van der Waals surface area contributed by atoms with Gasteiger partial charge in [0.15, 0.2) is 0 Å². The van der Waals surface area contributed by atoms with Crippen molar-refractivity contribution < 1.29 is 23.9 Å². The minimum absolute atomic E-state index is 0.0379. The summed E-state index contributed by atoms with van der Waals surface area (Å²) >= 11 is 0. The van der Waals surface area contributed by atoms with Crippen molar-refractivity contribution in [1.29, 1.82) is 0 Å². The van der Waals surface area contributed by atoms with Crippen LogP contribution in [-0.2, 0) is 9.59 Å². The van der Waals surface area contributed by atoms with Gasteiger partial charge < -0.3 is 25.2 Å². The molecule has 2 heterocycles. The average Bonchev–Trinajstić information content (AvgIpc) is 3.30. The predicted octanol–water partition coefficient (Wildman–Crippen LogP) is 2.49. The maximum Gasteiger partial charge on any atom is 0.322 e. The fourth-order valence-electron chi connectivity index (χ4n) is 4.92. The summed E-state index contributed by atoms with van der Waals surface area (Å²) < 4.78 is 16.8. The van der Waals surface area contributed by atoms with Crippen molar-refractivity contribution in [2.45, 2.75) is 57.5 Å². The zero-order valence-corrected chi connectivity index (χ0v) is 19.1. The molecule has 182 valence electrons. The third-order valence-corrected chi connectivity index (χ3v) is 6.73. The molecule has 4 rings (SSSR count).